The highest BCUT2D eigenvalue weighted by Crippen LogP contribution is 2.52. The summed E-state index contributed by atoms with van der Waals surface area (Å²) in [5.74, 6) is -0.212. The number of H-pyrrole nitrogens is 1. The molecule has 0 aliphatic heterocycles. The summed E-state index contributed by atoms with van der Waals surface area (Å²) in [5.41, 5.74) is -1.04. The molecule has 1 saturated carbocycles. The molecule has 1 heterocycles. The minimum absolute atomic E-state index is 0.0433. The van der Waals surface area contributed by atoms with Gasteiger partial charge in [0.05, 0.1) is 18.3 Å². The van der Waals surface area contributed by atoms with Crippen LogP contribution in [0.1, 0.15) is 46.6 Å². The molecule has 13 heteroatoms. The largest absolute Gasteiger partial charge is 0.377 e. The Labute approximate surface area is 195 Å². The van der Waals surface area contributed by atoms with Crippen LogP contribution in [0, 0.1) is 5.92 Å². The number of rotatable bonds is 12. The van der Waals surface area contributed by atoms with Gasteiger partial charge in [0.2, 0.25) is 0 Å². The van der Waals surface area contributed by atoms with Crippen molar-refractivity contribution in [3.8, 4) is 0 Å². The Kier molecular flexibility index (Phi) is 10.5. The first kappa shape index (κ1) is 28.3. The predicted molar refractivity (Wildman–Crippen MR) is 126 cm³/mol. The molecule has 5 atom stereocenters. The Morgan fingerprint density at radius 1 is 1.18 bits per heavy atom. The van der Waals surface area contributed by atoms with E-state index in [0.29, 0.717) is 12.8 Å². The van der Waals surface area contributed by atoms with Crippen molar-refractivity contribution in [2.45, 2.75) is 70.9 Å². The minimum atomic E-state index is -3.26. The molecule has 1 aliphatic carbocycles. The van der Waals surface area contributed by atoms with E-state index in [0.717, 1.165) is 0 Å². The van der Waals surface area contributed by atoms with Gasteiger partial charge in [-0.3, -0.25) is 18.9 Å². The highest BCUT2D eigenvalue weighted by atomic mass is 31.2. The van der Waals surface area contributed by atoms with E-state index in [9.17, 15) is 19.0 Å². The highest BCUT2D eigenvalue weighted by Gasteiger charge is 2.48. The zero-order valence-electron chi connectivity index (χ0n) is 20.3. The maximum absolute atomic E-state index is 12.7. The second-order valence-corrected chi connectivity index (χ2v) is 12.2. The first-order valence-corrected chi connectivity index (χ1v) is 13.9. The van der Waals surface area contributed by atoms with Crippen molar-refractivity contribution in [1.82, 2.24) is 14.2 Å². The molecule has 0 radical (unpaired) electrons. The molecule has 2 rings (SSSR count). The van der Waals surface area contributed by atoms with Gasteiger partial charge in [-0.25, -0.2) is 9.46 Å². The fraction of sp³-hybridized carbons (Fsp3) is 0.800. The van der Waals surface area contributed by atoms with Gasteiger partial charge in [0.25, 0.3) is 14.1 Å². The molecule has 1 aliphatic rings. The molecule has 2 N–H and O–H groups in total. The molecule has 0 aromatic carbocycles. The van der Waals surface area contributed by atoms with Gasteiger partial charge in [-0.1, -0.05) is 0 Å². The summed E-state index contributed by atoms with van der Waals surface area (Å²) in [7, 11) is -1.03. The van der Waals surface area contributed by atoms with Gasteiger partial charge in [-0.05, 0) is 46.5 Å². The molecule has 0 saturated heterocycles. The van der Waals surface area contributed by atoms with E-state index in [1.165, 1.54) is 38.2 Å². The van der Waals surface area contributed by atoms with Crippen LogP contribution >= 0.6 is 16.1 Å². The van der Waals surface area contributed by atoms with Crippen LogP contribution in [0.15, 0.2) is 21.9 Å². The van der Waals surface area contributed by atoms with E-state index >= 15 is 0 Å². The van der Waals surface area contributed by atoms with Crippen molar-refractivity contribution < 1.29 is 27.8 Å². The minimum Gasteiger partial charge on any atom is -0.377 e. The van der Waals surface area contributed by atoms with Crippen molar-refractivity contribution in [3.05, 3.63) is 33.1 Å². The molecule has 1 aromatic heterocycles. The van der Waals surface area contributed by atoms with Crippen LogP contribution in [0.3, 0.4) is 0 Å². The van der Waals surface area contributed by atoms with Gasteiger partial charge < -0.3 is 23.2 Å². The van der Waals surface area contributed by atoms with E-state index in [-0.39, 0.29) is 24.2 Å². The fourth-order valence-corrected chi connectivity index (χ4v) is 7.05. The zero-order chi connectivity index (χ0) is 24.9. The number of nitrogens with zero attached hydrogens (tertiary/aromatic N) is 2. The van der Waals surface area contributed by atoms with Crippen molar-refractivity contribution >= 4 is 16.1 Å². The summed E-state index contributed by atoms with van der Waals surface area (Å²) in [6.07, 6.45) is 1.27. The number of nitrogens with one attached hydrogen (secondary N) is 1. The lowest BCUT2D eigenvalue weighted by atomic mass is 10.0. The van der Waals surface area contributed by atoms with E-state index in [2.05, 4.69) is 4.98 Å². The molecular weight excluding hydrogens is 472 g/mol. The van der Waals surface area contributed by atoms with Crippen LogP contribution in [0.2, 0.25) is 0 Å². The number of hydrogen-bond donors (Lipinski definition) is 2. The second-order valence-electron chi connectivity index (χ2n) is 8.66. The van der Waals surface area contributed by atoms with Gasteiger partial charge in [-0.2, -0.15) is 0 Å². The Morgan fingerprint density at radius 2 is 1.79 bits per heavy atom. The van der Waals surface area contributed by atoms with Crippen LogP contribution in [0.4, 0.5) is 0 Å². The van der Waals surface area contributed by atoms with Gasteiger partial charge in [0, 0.05) is 45.7 Å². The van der Waals surface area contributed by atoms with Gasteiger partial charge >= 0.3 is 13.3 Å². The lowest BCUT2D eigenvalue weighted by molar-refractivity contribution is -0.0156. The normalized spacial score (nSPS) is 24.8. The molecule has 1 aromatic rings. The summed E-state index contributed by atoms with van der Waals surface area (Å²) >= 11 is 0. The summed E-state index contributed by atoms with van der Waals surface area (Å²) in [6, 6.07) is 0.914. The number of aromatic nitrogens is 2. The summed E-state index contributed by atoms with van der Waals surface area (Å²) in [4.78, 5) is 37.3. The lowest BCUT2D eigenvalue weighted by Crippen LogP contribution is -2.40. The van der Waals surface area contributed by atoms with Gasteiger partial charge in [-0.15, -0.1) is 0 Å². The van der Waals surface area contributed by atoms with Crippen molar-refractivity contribution in [1.29, 1.82) is 0 Å². The fourth-order valence-electron chi connectivity index (χ4n) is 4.48. The van der Waals surface area contributed by atoms with Crippen molar-refractivity contribution in [3.63, 3.8) is 0 Å². The molecular formula is C20H37N3O8P2. The third-order valence-electron chi connectivity index (χ3n) is 5.99. The molecule has 0 amide bonds. The van der Waals surface area contributed by atoms with Crippen LogP contribution in [-0.2, 0) is 22.9 Å². The monoisotopic (exact) mass is 509 g/mol. The molecule has 0 spiro atoms. The van der Waals surface area contributed by atoms with Gasteiger partial charge in [0.15, 0.2) is 0 Å². The average molecular weight is 509 g/mol. The summed E-state index contributed by atoms with van der Waals surface area (Å²) < 4.78 is 38.1. The van der Waals surface area contributed by atoms with E-state index in [1.807, 2.05) is 32.4 Å². The Hall–Kier alpha value is -0.900. The van der Waals surface area contributed by atoms with E-state index in [1.54, 1.807) is 0 Å². The van der Waals surface area contributed by atoms with Gasteiger partial charge in [0.1, 0.15) is 6.10 Å². The van der Waals surface area contributed by atoms with Crippen molar-refractivity contribution in [2.75, 3.05) is 27.5 Å². The van der Waals surface area contributed by atoms with Crippen LogP contribution in [-0.4, -0.2) is 70.9 Å². The summed E-state index contributed by atoms with van der Waals surface area (Å²) in [6.45, 7) is 7.91. The Bertz CT molecular complexity index is 905. The Balaban J connectivity index is 2.39. The maximum atomic E-state index is 12.7. The standard InChI is InChI=1S/C20H37N3O8P2/c1-13(2)23(14(3)4)32(26)31-18-15(9-11-33(27,29-6)30-7)12-16(19(18)28-5)22-10-8-17(24)21-20(22)25/h8,10,13-16,18-19,26H,9,11-12H2,1-7H3,(H,21,24,25)/t15-,16+,18+,19-,32?/m0/s1. The lowest BCUT2D eigenvalue weighted by Gasteiger charge is -2.36. The van der Waals surface area contributed by atoms with E-state index in [4.69, 9.17) is 18.3 Å². The second kappa shape index (κ2) is 12.2. The molecule has 1 unspecified atom stereocenters. The number of ether oxygens (including phenoxy) is 1. The molecule has 190 valence electrons. The predicted octanol–water partition coefficient (Wildman–Crippen LogP) is 2.71. The molecule has 0 bridgehead atoms. The number of methoxy groups -OCH3 is 1. The third-order valence-corrected chi connectivity index (χ3v) is 9.66. The third kappa shape index (κ3) is 6.83. The van der Waals surface area contributed by atoms with E-state index < -0.39 is 45.6 Å². The first-order chi connectivity index (χ1) is 15.5. The van der Waals surface area contributed by atoms with Crippen molar-refractivity contribution in [2.24, 2.45) is 5.92 Å². The molecule has 1 fully saturated rings. The Morgan fingerprint density at radius 3 is 2.27 bits per heavy atom. The quantitative estimate of drug-likeness (QED) is 0.408. The molecule has 33 heavy (non-hydrogen) atoms. The van der Waals surface area contributed by atoms with Crippen LogP contribution in [0.5, 0.6) is 0 Å². The SMILES string of the molecule is CO[C@@H]1[C@H](OP(O)N(C(C)C)C(C)C)[C@@H](CCP(=O)(OC)OC)C[C@H]1n1ccc(=O)[nH]c1=O. The first-order valence-electron chi connectivity index (χ1n) is 11.0. The highest BCUT2D eigenvalue weighted by molar-refractivity contribution is 7.53. The number of hydrogen-bond acceptors (Lipinski definition) is 9. The maximum Gasteiger partial charge on any atom is 0.330 e. The topological polar surface area (TPSA) is 132 Å². The summed E-state index contributed by atoms with van der Waals surface area (Å²) in [5, 5.41) is 0. The number of aromatic amines is 1. The average Bonchev–Trinajstić information content (AvgIpc) is 3.08. The zero-order valence-corrected chi connectivity index (χ0v) is 22.1. The van der Waals surface area contributed by atoms with Crippen LogP contribution in [0.25, 0.3) is 0 Å². The van der Waals surface area contributed by atoms with Crippen LogP contribution < -0.4 is 11.2 Å². The smallest absolute Gasteiger partial charge is 0.330 e. The molecule has 11 nitrogen and oxygen atoms in total.